The topological polar surface area (TPSA) is 55.5 Å². The summed E-state index contributed by atoms with van der Waals surface area (Å²) in [5, 5.41) is 9.62. The van der Waals surface area contributed by atoms with E-state index in [1.807, 2.05) is 12.1 Å². The lowest BCUT2D eigenvalue weighted by Crippen LogP contribution is -2.33. The fraction of sp³-hybridized carbons (Fsp3) is 0.571. The van der Waals surface area contributed by atoms with Crippen LogP contribution in [0.4, 0.5) is 0 Å². The third-order valence-electron chi connectivity index (χ3n) is 3.68. The van der Waals surface area contributed by atoms with E-state index in [0.29, 0.717) is 17.6 Å². The van der Waals surface area contributed by atoms with Gasteiger partial charge in [0.15, 0.2) is 11.5 Å². The second-order valence-corrected chi connectivity index (χ2v) is 5.39. The van der Waals surface area contributed by atoms with Gasteiger partial charge >= 0.3 is 0 Å². The average Bonchev–Trinajstić information content (AvgIpc) is 2.99. The van der Waals surface area contributed by atoms with Crippen molar-refractivity contribution >= 4 is 0 Å². The first-order valence-corrected chi connectivity index (χ1v) is 6.14. The number of aromatic hydroxyl groups is 1. The highest BCUT2D eigenvalue weighted by Crippen LogP contribution is 2.49. The minimum atomic E-state index is -0.0594. The Labute approximate surface area is 103 Å². The van der Waals surface area contributed by atoms with Gasteiger partial charge in [-0.15, -0.1) is 0 Å². The van der Waals surface area contributed by atoms with Crippen LogP contribution < -0.4 is 10.5 Å². The highest BCUT2D eigenvalue weighted by atomic mass is 16.5. The minimum Gasteiger partial charge on any atom is -0.504 e. The fourth-order valence-electron chi connectivity index (χ4n) is 2.72. The number of rotatable bonds is 4. The van der Waals surface area contributed by atoms with E-state index in [2.05, 4.69) is 13.8 Å². The van der Waals surface area contributed by atoms with Crippen LogP contribution in [0.5, 0.6) is 11.5 Å². The van der Waals surface area contributed by atoms with Crippen LogP contribution in [-0.2, 0) is 0 Å². The molecule has 1 atom stereocenters. The molecule has 0 heterocycles. The van der Waals surface area contributed by atoms with Crippen LogP contribution in [0.15, 0.2) is 18.2 Å². The number of ether oxygens (including phenoxy) is 1. The molecule has 0 bridgehead atoms. The Bertz CT molecular complexity index is 411. The monoisotopic (exact) mass is 235 g/mol. The van der Waals surface area contributed by atoms with Gasteiger partial charge in [0.05, 0.1) is 7.11 Å². The Balaban J connectivity index is 2.36. The van der Waals surface area contributed by atoms with Crippen molar-refractivity contribution in [2.45, 2.75) is 38.1 Å². The summed E-state index contributed by atoms with van der Waals surface area (Å²) >= 11 is 0. The van der Waals surface area contributed by atoms with Crippen molar-refractivity contribution in [3.8, 4) is 11.5 Å². The molecule has 0 amide bonds. The summed E-state index contributed by atoms with van der Waals surface area (Å²) in [6.45, 7) is 4.38. The van der Waals surface area contributed by atoms with Gasteiger partial charge in [-0.1, -0.05) is 19.9 Å². The molecule has 1 fully saturated rings. The molecule has 3 heteroatoms. The molecule has 17 heavy (non-hydrogen) atoms. The van der Waals surface area contributed by atoms with Gasteiger partial charge < -0.3 is 15.6 Å². The molecule has 0 radical (unpaired) electrons. The molecule has 0 aliphatic heterocycles. The molecular formula is C14H21NO2. The van der Waals surface area contributed by atoms with Crippen molar-refractivity contribution in [1.82, 2.24) is 0 Å². The number of hydrogen-bond donors (Lipinski definition) is 2. The van der Waals surface area contributed by atoms with Crippen molar-refractivity contribution in [2.75, 3.05) is 7.11 Å². The zero-order valence-corrected chi connectivity index (χ0v) is 10.7. The van der Waals surface area contributed by atoms with Crippen LogP contribution in [-0.4, -0.2) is 17.8 Å². The SMILES string of the molecule is COc1cc(C(C(C)C)C2(N)CC2)ccc1O. The van der Waals surface area contributed by atoms with Gasteiger partial charge in [0.1, 0.15) is 0 Å². The summed E-state index contributed by atoms with van der Waals surface area (Å²) in [4.78, 5) is 0. The van der Waals surface area contributed by atoms with Crippen LogP contribution in [0.1, 0.15) is 38.2 Å². The zero-order valence-electron chi connectivity index (χ0n) is 10.7. The van der Waals surface area contributed by atoms with Gasteiger partial charge in [0.2, 0.25) is 0 Å². The summed E-state index contributed by atoms with van der Waals surface area (Å²) in [7, 11) is 1.57. The van der Waals surface area contributed by atoms with Crippen molar-refractivity contribution in [1.29, 1.82) is 0 Å². The molecule has 0 saturated heterocycles. The second kappa shape index (κ2) is 4.22. The highest BCUT2D eigenvalue weighted by molar-refractivity contribution is 5.44. The molecule has 2 rings (SSSR count). The molecule has 0 spiro atoms. The summed E-state index contributed by atoms with van der Waals surface area (Å²) in [6.07, 6.45) is 2.16. The maximum Gasteiger partial charge on any atom is 0.160 e. The van der Waals surface area contributed by atoms with Gasteiger partial charge in [-0.25, -0.2) is 0 Å². The average molecular weight is 235 g/mol. The van der Waals surface area contributed by atoms with Crippen LogP contribution in [0.25, 0.3) is 0 Å². The number of benzene rings is 1. The van der Waals surface area contributed by atoms with E-state index in [1.54, 1.807) is 13.2 Å². The summed E-state index contributed by atoms with van der Waals surface area (Å²) < 4.78 is 5.16. The summed E-state index contributed by atoms with van der Waals surface area (Å²) in [6, 6.07) is 5.55. The Kier molecular flexibility index (Phi) is 3.04. The van der Waals surface area contributed by atoms with Gasteiger partial charge in [0, 0.05) is 11.5 Å². The molecule has 1 unspecified atom stereocenters. The first-order valence-electron chi connectivity index (χ1n) is 6.14. The highest BCUT2D eigenvalue weighted by Gasteiger charge is 2.47. The summed E-state index contributed by atoms with van der Waals surface area (Å²) in [5.41, 5.74) is 7.45. The van der Waals surface area contributed by atoms with E-state index < -0.39 is 0 Å². The molecule has 1 aliphatic carbocycles. The quantitative estimate of drug-likeness (QED) is 0.843. The molecule has 3 nitrogen and oxygen atoms in total. The molecular weight excluding hydrogens is 214 g/mol. The fourth-order valence-corrected chi connectivity index (χ4v) is 2.72. The molecule has 1 aromatic carbocycles. The number of phenolic OH excluding ortho intramolecular Hbond substituents is 1. The smallest absolute Gasteiger partial charge is 0.160 e. The number of methoxy groups -OCH3 is 1. The van der Waals surface area contributed by atoms with Crippen LogP contribution >= 0.6 is 0 Å². The van der Waals surface area contributed by atoms with Crippen molar-refractivity contribution in [2.24, 2.45) is 11.7 Å². The third-order valence-corrected chi connectivity index (χ3v) is 3.68. The molecule has 1 aromatic rings. The van der Waals surface area contributed by atoms with Gasteiger partial charge in [0.25, 0.3) is 0 Å². The molecule has 1 aliphatic rings. The summed E-state index contributed by atoms with van der Waals surface area (Å²) in [5.74, 6) is 1.52. The molecule has 94 valence electrons. The first-order chi connectivity index (χ1) is 7.98. The molecule has 3 N–H and O–H groups in total. The van der Waals surface area contributed by atoms with Crippen molar-refractivity contribution < 1.29 is 9.84 Å². The minimum absolute atomic E-state index is 0.0594. The van der Waals surface area contributed by atoms with E-state index in [0.717, 1.165) is 18.4 Å². The molecule has 0 aromatic heterocycles. The standard InChI is InChI=1S/C14H21NO2/c1-9(2)13(14(15)6-7-14)10-4-5-11(16)12(8-10)17-3/h4-5,8-9,13,16H,6-7,15H2,1-3H3. The van der Waals surface area contributed by atoms with Crippen LogP contribution in [0, 0.1) is 5.92 Å². The van der Waals surface area contributed by atoms with E-state index in [-0.39, 0.29) is 11.3 Å². The third kappa shape index (κ3) is 2.25. The Morgan fingerprint density at radius 2 is 2.00 bits per heavy atom. The lowest BCUT2D eigenvalue weighted by atomic mass is 9.81. The Morgan fingerprint density at radius 3 is 2.47 bits per heavy atom. The normalized spacial score (nSPS) is 19.1. The predicted octanol–water partition coefficient (Wildman–Crippen LogP) is 2.63. The van der Waals surface area contributed by atoms with E-state index >= 15 is 0 Å². The number of nitrogens with two attached hydrogens (primary N) is 1. The predicted molar refractivity (Wildman–Crippen MR) is 68.4 cm³/mol. The largest absolute Gasteiger partial charge is 0.504 e. The Hall–Kier alpha value is -1.22. The Morgan fingerprint density at radius 1 is 1.35 bits per heavy atom. The number of hydrogen-bond acceptors (Lipinski definition) is 3. The maximum atomic E-state index is 9.62. The molecule has 1 saturated carbocycles. The van der Waals surface area contributed by atoms with Gasteiger partial charge in [-0.2, -0.15) is 0 Å². The van der Waals surface area contributed by atoms with E-state index in [4.69, 9.17) is 10.5 Å². The lowest BCUT2D eigenvalue weighted by molar-refractivity contribution is 0.367. The van der Waals surface area contributed by atoms with Gasteiger partial charge in [-0.3, -0.25) is 0 Å². The first kappa shape index (κ1) is 12.2. The van der Waals surface area contributed by atoms with Crippen LogP contribution in [0.3, 0.4) is 0 Å². The van der Waals surface area contributed by atoms with E-state index in [1.165, 1.54) is 0 Å². The van der Waals surface area contributed by atoms with E-state index in [9.17, 15) is 5.11 Å². The maximum absolute atomic E-state index is 9.62. The second-order valence-electron chi connectivity index (χ2n) is 5.39. The number of phenols is 1. The van der Waals surface area contributed by atoms with Crippen LogP contribution in [0.2, 0.25) is 0 Å². The zero-order chi connectivity index (χ0) is 12.6. The van der Waals surface area contributed by atoms with Crippen molar-refractivity contribution in [3.05, 3.63) is 23.8 Å². The van der Waals surface area contributed by atoms with Crippen molar-refractivity contribution in [3.63, 3.8) is 0 Å². The lowest BCUT2D eigenvalue weighted by Gasteiger charge is -2.28. The van der Waals surface area contributed by atoms with Gasteiger partial charge in [-0.05, 0) is 36.5 Å².